The van der Waals surface area contributed by atoms with Gasteiger partial charge in [-0.1, -0.05) is 19.3 Å². The summed E-state index contributed by atoms with van der Waals surface area (Å²) in [6.45, 7) is 5.57. The van der Waals surface area contributed by atoms with E-state index in [9.17, 15) is 4.79 Å². The van der Waals surface area contributed by atoms with E-state index in [0.29, 0.717) is 11.9 Å². The third kappa shape index (κ3) is 3.41. The van der Waals surface area contributed by atoms with E-state index in [-0.39, 0.29) is 5.41 Å². The Morgan fingerprint density at radius 2 is 1.76 bits per heavy atom. The Labute approximate surface area is 175 Å². The summed E-state index contributed by atoms with van der Waals surface area (Å²) in [4.78, 5) is 20.5. The van der Waals surface area contributed by atoms with Crippen LogP contribution in [-0.2, 0) is 4.79 Å². The fourth-order valence-corrected chi connectivity index (χ4v) is 6.21. The Morgan fingerprint density at radius 3 is 2.52 bits per heavy atom. The molecular formula is C24H35N3O2. The van der Waals surface area contributed by atoms with Crippen molar-refractivity contribution >= 4 is 17.3 Å². The van der Waals surface area contributed by atoms with Crippen molar-refractivity contribution in [3.05, 3.63) is 18.2 Å². The van der Waals surface area contributed by atoms with Crippen LogP contribution in [0.1, 0.15) is 57.8 Å². The first kappa shape index (κ1) is 19.2. The summed E-state index contributed by atoms with van der Waals surface area (Å²) in [6, 6.07) is 7.16. The van der Waals surface area contributed by atoms with Crippen molar-refractivity contribution in [1.29, 1.82) is 0 Å². The van der Waals surface area contributed by atoms with Gasteiger partial charge in [0.05, 0.1) is 18.2 Å². The molecule has 0 aromatic heterocycles. The van der Waals surface area contributed by atoms with Crippen molar-refractivity contribution in [2.24, 2.45) is 5.41 Å². The molecule has 1 aromatic rings. The van der Waals surface area contributed by atoms with Crippen LogP contribution in [-0.4, -0.2) is 56.7 Å². The molecule has 3 saturated heterocycles. The predicted molar refractivity (Wildman–Crippen MR) is 117 cm³/mol. The quantitative estimate of drug-likeness (QED) is 0.768. The van der Waals surface area contributed by atoms with Gasteiger partial charge in [-0.15, -0.1) is 0 Å². The maximum Gasteiger partial charge on any atom is 0.233 e. The fourth-order valence-electron chi connectivity index (χ4n) is 6.21. The van der Waals surface area contributed by atoms with Crippen molar-refractivity contribution in [2.75, 3.05) is 49.6 Å². The number of carbonyl (C=O) groups is 1. The lowest BCUT2D eigenvalue weighted by Gasteiger charge is -2.32. The lowest BCUT2D eigenvalue weighted by atomic mass is 9.73. The second-order valence-electron chi connectivity index (χ2n) is 9.54. The van der Waals surface area contributed by atoms with Crippen LogP contribution >= 0.6 is 0 Å². The van der Waals surface area contributed by atoms with E-state index >= 15 is 0 Å². The molecule has 0 radical (unpaired) electrons. The van der Waals surface area contributed by atoms with Gasteiger partial charge in [0.2, 0.25) is 5.91 Å². The Balaban J connectivity index is 1.33. The minimum Gasteiger partial charge on any atom is -0.494 e. The van der Waals surface area contributed by atoms with Crippen molar-refractivity contribution < 1.29 is 9.53 Å². The molecule has 1 atom stereocenters. The smallest absolute Gasteiger partial charge is 0.233 e. The number of amides is 1. The molecule has 1 spiro atoms. The molecule has 0 N–H and O–H groups in total. The molecule has 5 rings (SSSR count). The monoisotopic (exact) mass is 397 g/mol. The predicted octanol–water partition coefficient (Wildman–Crippen LogP) is 4.06. The third-order valence-corrected chi connectivity index (χ3v) is 7.96. The average molecular weight is 398 g/mol. The van der Waals surface area contributed by atoms with E-state index in [0.717, 1.165) is 50.3 Å². The Kier molecular flexibility index (Phi) is 5.19. The van der Waals surface area contributed by atoms with Gasteiger partial charge >= 0.3 is 0 Å². The van der Waals surface area contributed by atoms with Gasteiger partial charge in [-0.25, -0.2) is 0 Å². The molecule has 29 heavy (non-hydrogen) atoms. The van der Waals surface area contributed by atoms with Crippen LogP contribution in [0.5, 0.6) is 5.75 Å². The van der Waals surface area contributed by atoms with Crippen LogP contribution in [0.4, 0.5) is 11.4 Å². The highest BCUT2D eigenvalue weighted by molar-refractivity contribution is 6.01. The zero-order valence-corrected chi connectivity index (χ0v) is 17.9. The van der Waals surface area contributed by atoms with Crippen molar-refractivity contribution in [3.8, 4) is 5.75 Å². The van der Waals surface area contributed by atoms with E-state index in [1.54, 1.807) is 7.11 Å². The number of nitrogens with zero attached hydrogens (tertiary/aromatic N) is 3. The van der Waals surface area contributed by atoms with Crippen LogP contribution in [0.25, 0.3) is 0 Å². The minimum atomic E-state index is -0.0974. The summed E-state index contributed by atoms with van der Waals surface area (Å²) >= 11 is 0. The summed E-state index contributed by atoms with van der Waals surface area (Å²) in [5, 5.41) is 0. The molecule has 1 aromatic carbocycles. The van der Waals surface area contributed by atoms with E-state index in [1.165, 1.54) is 57.3 Å². The van der Waals surface area contributed by atoms with E-state index in [4.69, 9.17) is 4.74 Å². The minimum absolute atomic E-state index is 0.0974. The van der Waals surface area contributed by atoms with Crippen LogP contribution in [0.15, 0.2) is 18.2 Å². The summed E-state index contributed by atoms with van der Waals surface area (Å²) < 4.78 is 5.78. The molecule has 4 aliphatic rings. The van der Waals surface area contributed by atoms with Gasteiger partial charge in [0, 0.05) is 37.4 Å². The number of likely N-dealkylation sites (tertiary alicyclic amines) is 1. The molecule has 5 heteroatoms. The van der Waals surface area contributed by atoms with Crippen LogP contribution in [0.3, 0.4) is 0 Å². The van der Waals surface area contributed by atoms with Gasteiger partial charge in [-0.2, -0.15) is 0 Å². The first-order valence-corrected chi connectivity index (χ1v) is 11.7. The van der Waals surface area contributed by atoms with E-state index < -0.39 is 0 Å². The third-order valence-electron chi connectivity index (χ3n) is 7.96. The average Bonchev–Trinajstić information content (AvgIpc) is 3.50. The Morgan fingerprint density at radius 1 is 0.966 bits per heavy atom. The van der Waals surface area contributed by atoms with E-state index in [1.807, 2.05) is 4.90 Å². The lowest BCUT2D eigenvalue weighted by molar-refractivity contribution is -0.127. The number of carbonyl (C=O) groups excluding carboxylic acids is 1. The van der Waals surface area contributed by atoms with Crippen molar-refractivity contribution in [1.82, 2.24) is 4.90 Å². The van der Waals surface area contributed by atoms with Crippen LogP contribution in [0.2, 0.25) is 0 Å². The Hall–Kier alpha value is -1.75. The second kappa shape index (κ2) is 7.82. The second-order valence-corrected chi connectivity index (χ2v) is 9.54. The number of hydrogen-bond acceptors (Lipinski definition) is 4. The van der Waals surface area contributed by atoms with Gasteiger partial charge < -0.3 is 14.5 Å². The summed E-state index contributed by atoms with van der Waals surface area (Å²) in [5.74, 6) is 1.17. The van der Waals surface area contributed by atoms with Crippen LogP contribution in [0, 0.1) is 5.41 Å². The van der Waals surface area contributed by atoms with Gasteiger partial charge in [-0.3, -0.25) is 9.69 Å². The number of methoxy groups -OCH3 is 1. The standard InChI is InChI=1S/C24H35N3O2/c1-29-22-17-19(26-15-9-20(18-26)25-13-5-6-14-25)7-8-21(22)27-16-12-24(23(27)28)10-3-2-4-11-24/h7-8,17,20H,2-6,9-16,18H2,1H3/t20-/m0/s1. The highest BCUT2D eigenvalue weighted by Crippen LogP contribution is 2.47. The van der Waals surface area contributed by atoms with Crippen molar-refractivity contribution in [2.45, 2.75) is 63.8 Å². The molecule has 1 aliphatic carbocycles. The molecule has 3 aliphatic heterocycles. The zero-order chi connectivity index (χ0) is 19.8. The number of benzene rings is 1. The van der Waals surface area contributed by atoms with Crippen LogP contribution < -0.4 is 14.5 Å². The zero-order valence-electron chi connectivity index (χ0n) is 17.9. The number of hydrogen-bond donors (Lipinski definition) is 0. The Bertz CT molecular complexity index is 752. The number of anilines is 2. The number of ether oxygens (including phenoxy) is 1. The molecule has 1 amide bonds. The molecule has 3 heterocycles. The summed E-state index contributed by atoms with van der Waals surface area (Å²) in [5.41, 5.74) is 2.09. The number of rotatable bonds is 4. The molecular weight excluding hydrogens is 362 g/mol. The topological polar surface area (TPSA) is 36.0 Å². The summed E-state index contributed by atoms with van der Waals surface area (Å²) in [6.07, 6.45) is 10.8. The highest BCUT2D eigenvalue weighted by Gasteiger charge is 2.47. The molecule has 5 nitrogen and oxygen atoms in total. The molecule has 4 fully saturated rings. The normalized spacial score (nSPS) is 27.3. The molecule has 0 bridgehead atoms. The SMILES string of the molecule is COc1cc(N2CC[C@H](N3CCCC3)C2)ccc1N1CCC2(CCCCC2)C1=O. The van der Waals surface area contributed by atoms with Gasteiger partial charge in [0.25, 0.3) is 0 Å². The largest absolute Gasteiger partial charge is 0.494 e. The van der Waals surface area contributed by atoms with Gasteiger partial charge in [-0.05, 0) is 63.7 Å². The lowest BCUT2D eigenvalue weighted by Crippen LogP contribution is -2.36. The van der Waals surface area contributed by atoms with E-state index in [2.05, 4.69) is 28.0 Å². The fraction of sp³-hybridized carbons (Fsp3) is 0.708. The maximum atomic E-state index is 13.3. The molecule has 1 saturated carbocycles. The van der Waals surface area contributed by atoms with Gasteiger partial charge in [0.15, 0.2) is 0 Å². The maximum absolute atomic E-state index is 13.3. The molecule has 158 valence electrons. The van der Waals surface area contributed by atoms with Gasteiger partial charge in [0.1, 0.15) is 5.75 Å². The first-order valence-electron chi connectivity index (χ1n) is 11.7. The highest BCUT2D eigenvalue weighted by atomic mass is 16.5. The summed E-state index contributed by atoms with van der Waals surface area (Å²) in [7, 11) is 1.73. The molecule has 0 unspecified atom stereocenters. The van der Waals surface area contributed by atoms with Crippen molar-refractivity contribution in [3.63, 3.8) is 0 Å². The first-order chi connectivity index (χ1) is 14.2.